The summed E-state index contributed by atoms with van der Waals surface area (Å²) in [5.41, 5.74) is -0.331. The SMILES string of the molecule is FC1(c2cccc(Br)c2)CCNCC1. The normalized spacial score (nSPS) is 20.7. The second-order valence-electron chi connectivity index (χ2n) is 3.73. The number of benzene rings is 1. The Labute approximate surface area is 91.8 Å². The highest BCUT2D eigenvalue weighted by atomic mass is 79.9. The van der Waals surface area contributed by atoms with E-state index < -0.39 is 5.67 Å². The Bertz CT molecular complexity index is 321. The Morgan fingerprint density at radius 1 is 1.29 bits per heavy atom. The predicted octanol–water partition coefficient (Wildman–Crippen LogP) is 3.00. The Morgan fingerprint density at radius 2 is 2.00 bits per heavy atom. The van der Waals surface area contributed by atoms with Crippen molar-refractivity contribution in [2.45, 2.75) is 18.5 Å². The van der Waals surface area contributed by atoms with Gasteiger partial charge in [-0.05, 0) is 43.6 Å². The predicted molar refractivity (Wildman–Crippen MR) is 59.0 cm³/mol. The van der Waals surface area contributed by atoms with Crippen molar-refractivity contribution in [2.75, 3.05) is 13.1 Å². The molecule has 1 saturated heterocycles. The average Bonchev–Trinajstić information content (AvgIpc) is 2.19. The summed E-state index contributed by atoms with van der Waals surface area (Å²) in [6.07, 6.45) is 1.15. The lowest BCUT2D eigenvalue weighted by Gasteiger charge is -2.30. The van der Waals surface area contributed by atoms with E-state index in [1.54, 1.807) is 0 Å². The third kappa shape index (κ3) is 1.98. The van der Waals surface area contributed by atoms with E-state index in [1.165, 1.54) is 0 Å². The summed E-state index contributed by atoms with van der Waals surface area (Å²) in [6, 6.07) is 7.57. The molecule has 1 aliphatic heterocycles. The monoisotopic (exact) mass is 257 g/mol. The molecule has 1 nitrogen and oxygen atoms in total. The maximum absolute atomic E-state index is 14.4. The van der Waals surface area contributed by atoms with Gasteiger partial charge >= 0.3 is 0 Å². The number of piperidine rings is 1. The van der Waals surface area contributed by atoms with Gasteiger partial charge in [0.25, 0.3) is 0 Å². The van der Waals surface area contributed by atoms with Gasteiger partial charge in [0.05, 0.1) is 0 Å². The van der Waals surface area contributed by atoms with E-state index >= 15 is 0 Å². The first-order valence-electron chi connectivity index (χ1n) is 4.86. The molecule has 1 heterocycles. The molecule has 1 aliphatic rings. The smallest absolute Gasteiger partial charge is 0.138 e. The summed E-state index contributed by atoms with van der Waals surface area (Å²) in [6.45, 7) is 1.53. The Kier molecular flexibility index (Phi) is 2.88. The zero-order valence-corrected chi connectivity index (χ0v) is 9.48. The van der Waals surface area contributed by atoms with Gasteiger partial charge in [0, 0.05) is 4.47 Å². The van der Waals surface area contributed by atoms with Crippen molar-refractivity contribution in [2.24, 2.45) is 0 Å². The maximum atomic E-state index is 14.4. The maximum Gasteiger partial charge on any atom is 0.138 e. The Hall–Kier alpha value is -0.410. The molecule has 0 saturated carbocycles. The molecular weight excluding hydrogens is 245 g/mol. The van der Waals surface area contributed by atoms with Crippen molar-refractivity contribution in [3.8, 4) is 0 Å². The van der Waals surface area contributed by atoms with Crippen LogP contribution in [-0.4, -0.2) is 13.1 Å². The average molecular weight is 258 g/mol. The van der Waals surface area contributed by atoms with Crippen molar-refractivity contribution >= 4 is 15.9 Å². The van der Waals surface area contributed by atoms with Crippen LogP contribution in [0.5, 0.6) is 0 Å². The van der Waals surface area contributed by atoms with Gasteiger partial charge < -0.3 is 5.32 Å². The fourth-order valence-corrected chi connectivity index (χ4v) is 2.28. The lowest BCUT2D eigenvalue weighted by molar-refractivity contribution is 0.115. The number of nitrogens with one attached hydrogen (secondary N) is 1. The third-order valence-corrected chi connectivity index (χ3v) is 3.23. The highest BCUT2D eigenvalue weighted by molar-refractivity contribution is 9.10. The van der Waals surface area contributed by atoms with Gasteiger partial charge in [0.1, 0.15) is 5.67 Å². The summed E-state index contributed by atoms with van der Waals surface area (Å²) in [5.74, 6) is 0. The number of halogens is 2. The van der Waals surface area contributed by atoms with E-state index in [9.17, 15) is 4.39 Å². The van der Waals surface area contributed by atoms with Gasteiger partial charge in [-0.2, -0.15) is 0 Å². The number of hydrogen-bond donors (Lipinski definition) is 1. The number of rotatable bonds is 1. The molecule has 1 fully saturated rings. The first-order valence-corrected chi connectivity index (χ1v) is 5.66. The topological polar surface area (TPSA) is 12.0 Å². The van der Waals surface area contributed by atoms with Crippen molar-refractivity contribution in [1.82, 2.24) is 5.32 Å². The molecular formula is C11H13BrFN. The molecule has 3 heteroatoms. The van der Waals surface area contributed by atoms with Gasteiger partial charge in [0.15, 0.2) is 0 Å². The standard InChI is InChI=1S/C11H13BrFN/c12-10-3-1-2-9(8-10)11(13)4-6-14-7-5-11/h1-3,8,14H,4-7H2. The molecule has 1 aromatic rings. The molecule has 14 heavy (non-hydrogen) atoms. The lowest BCUT2D eigenvalue weighted by Crippen LogP contribution is -2.36. The van der Waals surface area contributed by atoms with E-state index in [-0.39, 0.29) is 0 Å². The second kappa shape index (κ2) is 3.99. The molecule has 0 amide bonds. The van der Waals surface area contributed by atoms with Crippen molar-refractivity contribution < 1.29 is 4.39 Å². The van der Waals surface area contributed by atoms with Crippen LogP contribution < -0.4 is 5.32 Å². The highest BCUT2D eigenvalue weighted by Crippen LogP contribution is 2.35. The quantitative estimate of drug-likeness (QED) is 0.816. The van der Waals surface area contributed by atoms with Crippen molar-refractivity contribution in [1.29, 1.82) is 0 Å². The van der Waals surface area contributed by atoms with Crippen LogP contribution in [0, 0.1) is 0 Å². The van der Waals surface area contributed by atoms with Crippen LogP contribution in [0.3, 0.4) is 0 Å². The Morgan fingerprint density at radius 3 is 2.64 bits per heavy atom. The molecule has 0 bridgehead atoms. The largest absolute Gasteiger partial charge is 0.316 e. The van der Waals surface area contributed by atoms with E-state index in [4.69, 9.17) is 0 Å². The van der Waals surface area contributed by atoms with Gasteiger partial charge in [0.2, 0.25) is 0 Å². The van der Waals surface area contributed by atoms with E-state index in [1.807, 2.05) is 24.3 Å². The van der Waals surface area contributed by atoms with Crippen LogP contribution >= 0.6 is 15.9 Å². The third-order valence-electron chi connectivity index (χ3n) is 2.74. The molecule has 0 unspecified atom stereocenters. The van der Waals surface area contributed by atoms with E-state index in [0.717, 1.165) is 23.1 Å². The zero-order chi connectivity index (χ0) is 10.0. The summed E-state index contributed by atoms with van der Waals surface area (Å²) in [7, 11) is 0. The van der Waals surface area contributed by atoms with Crippen molar-refractivity contribution in [3.05, 3.63) is 34.3 Å². The molecule has 0 atom stereocenters. The van der Waals surface area contributed by atoms with Gasteiger partial charge in [-0.3, -0.25) is 0 Å². The molecule has 2 rings (SSSR count). The molecule has 0 aliphatic carbocycles. The summed E-state index contributed by atoms with van der Waals surface area (Å²) >= 11 is 3.37. The second-order valence-corrected chi connectivity index (χ2v) is 4.64. The fraction of sp³-hybridized carbons (Fsp3) is 0.455. The minimum absolute atomic E-state index is 0.573. The van der Waals surface area contributed by atoms with Crippen LogP contribution in [0.25, 0.3) is 0 Å². The van der Waals surface area contributed by atoms with Gasteiger partial charge in [-0.15, -0.1) is 0 Å². The number of hydrogen-bond acceptors (Lipinski definition) is 1. The molecule has 0 spiro atoms. The van der Waals surface area contributed by atoms with Crippen molar-refractivity contribution in [3.63, 3.8) is 0 Å². The minimum atomic E-state index is -1.13. The molecule has 1 N–H and O–H groups in total. The van der Waals surface area contributed by atoms with Crippen LogP contribution in [0.4, 0.5) is 4.39 Å². The van der Waals surface area contributed by atoms with E-state index in [2.05, 4.69) is 21.2 Å². The number of alkyl halides is 1. The van der Waals surface area contributed by atoms with Crippen LogP contribution in [0.1, 0.15) is 18.4 Å². The minimum Gasteiger partial charge on any atom is -0.316 e. The fourth-order valence-electron chi connectivity index (χ4n) is 1.88. The highest BCUT2D eigenvalue weighted by Gasteiger charge is 2.33. The molecule has 76 valence electrons. The Balaban J connectivity index is 2.28. The van der Waals surface area contributed by atoms with Gasteiger partial charge in [-0.25, -0.2) is 4.39 Å². The molecule has 0 aromatic heterocycles. The van der Waals surface area contributed by atoms with Gasteiger partial charge in [-0.1, -0.05) is 28.1 Å². The molecule has 1 aromatic carbocycles. The summed E-state index contributed by atoms with van der Waals surface area (Å²) in [5, 5.41) is 3.17. The summed E-state index contributed by atoms with van der Waals surface area (Å²) < 4.78 is 15.4. The van der Waals surface area contributed by atoms with Crippen LogP contribution in [0.2, 0.25) is 0 Å². The van der Waals surface area contributed by atoms with E-state index in [0.29, 0.717) is 12.8 Å². The summed E-state index contributed by atoms with van der Waals surface area (Å²) in [4.78, 5) is 0. The molecule has 0 radical (unpaired) electrons. The van der Waals surface area contributed by atoms with Crippen LogP contribution in [0.15, 0.2) is 28.7 Å². The first-order chi connectivity index (χ1) is 6.71. The van der Waals surface area contributed by atoms with Crippen LogP contribution in [-0.2, 0) is 5.67 Å². The first kappa shape index (κ1) is 10.1. The lowest BCUT2D eigenvalue weighted by atomic mass is 9.87. The zero-order valence-electron chi connectivity index (χ0n) is 7.89.